The molecule has 0 aliphatic carbocycles. The number of para-hydroxylation sites is 1. The normalized spacial score (nSPS) is 18.0. The van der Waals surface area contributed by atoms with Crippen molar-refractivity contribution < 1.29 is 14.0 Å². The molecule has 2 aromatic carbocycles. The van der Waals surface area contributed by atoms with E-state index in [4.69, 9.17) is 4.98 Å². The molecule has 0 radical (unpaired) electrons. The zero-order valence-electron chi connectivity index (χ0n) is 23.8. The number of rotatable bonds is 6. The van der Waals surface area contributed by atoms with E-state index in [1.807, 2.05) is 41.0 Å². The first-order chi connectivity index (χ1) is 20.2. The number of hydrogen-bond donors (Lipinski definition) is 0. The van der Waals surface area contributed by atoms with Gasteiger partial charge in [0.15, 0.2) is 11.2 Å². The predicted octanol–water partition coefficient (Wildman–Crippen LogP) is 1.64. The molecule has 0 saturated carbocycles. The van der Waals surface area contributed by atoms with E-state index in [1.54, 1.807) is 29.8 Å². The van der Waals surface area contributed by atoms with Crippen LogP contribution in [0.3, 0.4) is 0 Å². The van der Waals surface area contributed by atoms with Crippen molar-refractivity contribution in [2.75, 3.05) is 36.0 Å². The van der Waals surface area contributed by atoms with Gasteiger partial charge in [-0.15, -0.1) is 0 Å². The smallest absolute Gasteiger partial charge is 0.332 e. The Morgan fingerprint density at radius 2 is 1.55 bits per heavy atom. The molecule has 0 bridgehead atoms. The fourth-order valence-corrected chi connectivity index (χ4v) is 6.04. The molecule has 2 aromatic heterocycles. The van der Waals surface area contributed by atoms with E-state index >= 15 is 0 Å². The molecule has 11 nitrogen and oxygen atoms in total. The maximum Gasteiger partial charge on any atom is 0.332 e. The molecule has 0 spiro atoms. The van der Waals surface area contributed by atoms with Crippen molar-refractivity contribution in [3.8, 4) is 0 Å². The van der Waals surface area contributed by atoms with Gasteiger partial charge in [-0.3, -0.25) is 33.0 Å². The highest BCUT2D eigenvalue weighted by Crippen LogP contribution is 2.30. The minimum atomic E-state index is -0.560. The third-order valence-electron chi connectivity index (χ3n) is 8.39. The monoisotopic (exact) mass is 573 g/mol. The molecule has 2 amide bonds. The average molecular weight is 574 g/mol. The number of halogens is 1. The van der Waals surface area contributed by atoms with Crippen LogP contribution in [-0.2, 0) is 36.6 Å². The number of piperazine rings is 1. The van der Waals surface area contributed by atoms with Gasteiger partial charge >= 0.3 is 5.69 Å². The average Bonchev–Trinajstić information content (AvgIpc) is 3.52. The van der Waals surface area contributed by atoms with Gasteiger partial charge in [-0.1, -0.05) is 43.3 Å². The zero-order valence-corrected chi connectivity index (χ0v) is 23.8. The lowest BCUT2D eigenvalue weighted by atomic mass is 10.1. The van der Waals surface area contributed by atoms with E-state index in [0.29, 0.717) is 49.8 Å². The lowest BCUT2D eigenvalue weighted by Crippen LogP contribution is -2.53. The summed E-state index contributed by atoms with van der Waals surface area (Å²) in [6, 6.07) is 13.3. The second-order valence-electron chi connectivity index (χ2n) is 10.8. The van der Waals surface area contributed by atoms with Crippen LogP contribution in [0.1, 0.15) is 24.5 Å². The standard InChI is InChI=1S/C30H32FN7O4/c1-4-19-9-6-8-12-22(19)38-24(39)17-23(27(38)40)35-13-15-36(16-14-35)29-32-26-25(28(41)34(3)30(42)33(26)2)37(29)18-20-10-5-7-11-21(20)31/h5-12,23H,4,13-18H2,1-3H3. The van der Waals surface area contributed by atoms with Gasteiger partial charge in [0.25, 0.3) is 11.5 Å². The number of imidazole rings is 1. The minimum absolute atomic E-state index is 0.0492. The molecular weight excluding hydrogens is 541 g/mol. The Morgan fingerprint density at radius 3 is 2.24 bits per heavy atom. The number of anilines is 2. The Kier molecular flexibility index (Phi) is 7.01. The van der Waals surface area contributed by atoms with E-state index in [0.717, 1.165) is 10.1 Å². The Bertz CT molecular complexity index is 1830. The number of fused-ring (bicyclic) bond motifs is 1. The summed E-state index contributed by atoms with van der Waals surface area (Å²) in [5.41, 5.74) is 1.39. The first-order valence-corrected chi connectivity index (χ1v) is 14.0. The molecule has 2 fully saturated rings. The number of imide groups is 1. The third-order valence-corrected chi connectivity index (χ3v) is 8.39. The summed E-state index contributed by atoms with van der Waals surface area (Å²) in [7, 11) is 2.96. The highest BCUT2D eigenvalue weighted by Gasteiger charge is 2.44. The molecular formula is C30H32FN7O4. The van der Waals surface area contributed by atoms with Crippen LogP contribution in [0.15, 0.2) is 58.1 Å². The Labute approximate surface area is 241 Å². The Hall–Kier alpha value is -4.58. The molecule has 4 aromatic rings. The van der Waals surface area contributed by atoms with Gasteiger partial charge in [-0.25, -0.2) is 14.1 Å². The largest absolute Gasteiger partial charge is 0.340 e. The van der Waals surface area contributed by atoms with E-state index < -0.39 is 23.1 Å². The van der Waals surface area contributed by atoms with Crippen molar-refractivity contribution in [3.05, 3.63) is 86.3 Å². The minimum Gasteiger partial charge on any atom is -0.340 e. The summed E-state index contributed by atoms with van der Waals surface area (Å²) >= 11 is 0. The van der Waals surface area contributed by atoms with Crippen molar-refractivity contribution in [1.82, 2.24) is 23.6 Å². The molecule has 4 heterocycles. The summed E-state index contributed by atoms with van der Waals surface area (Å²) in [6.45, 7) is 3.91. The number of carbonyl (C=O) groups is 2. The summed E-state index contributed by atoms with van der Waals surface area (Å²) in [4.78, 5) is 62.5. The Morgan fingerprint density at radius 1 is 0.881 bits per heavy atom. The first kappa shape index (κ1) is 27.6. The maximum atomic E-state index is 14.7. The van der Waals surface area contributed by atoms with Crippen molar-refractivity contribution in [1.29, 1.82) is 0 Å². The van der Waals surface area contributed by atoms with Crippen LogP contribution < -0.4 is 21.0 Å². The van der Waals surface area contributed by atoms with Crippen molar-refractivity contribution in [2.24, 2.45) is 14.1 Å². The number of hydrogen-bond acceptors (Lipinski definition) is 7. The van der Waals surface area contributed by atoms with Crippen LogP contribution in [-0.4, -0.2) is 67.6 Å². The highest BCUT2D eigenvalue weighted by atomic mass is 19.1. The number of aryl methyl sites for hydroxylation is 2. The molecule has 6 rings (SSSR count). The SMILES string of the molecule is CCc1ccccc1N1C(=O)CC(N2CCN(c3nc4c(c(=O)n(C)c(=O)n4C)n3Cc3ccccc3F)CC2)C1=O. The molecule has 2 saturated heterocycles. The van der Waals surface area contributed by atoms with Crippen LogP contribution >= 0.6 is 0 Å². The van der Waals surface area contributed by atoms with Gasteiger partial charge in [0.1, 0.15) is 5.82 Å². The highest BCUT2D eigenvalue weighted by molar-refractivity contribution is 6.22. The first-order valence-electron chi connectivity index (χ1n) is 14.0. The fraction of sp³-hybridized carbons (Fsp3) is 0.367. The van der Waals surface area contributed by atoms with E-state index in [2.05, 4.69) is 0 Å². The summed E-state index contributed by atoms with van der Waals surface area (Å²) < 4.78 is 18.7. The second kappa shape index (κ2) is 10.7. The van der Waals surface area contributed by atoms with Gasteiger partial charge in [0, 0.05) is 45.8 Å². The predicted molar refractivity (Wildman–Crippen MR) is 156 cm³/mol. The number of amides is 2. The van der Waals surface area contributed by atoms with Gasteiger partial charge < -0.3 is 4.90 Å². The third kappa shape index (κ3) is 4.42. The number of benzene rings is 2. The molecule has 2 aliphatic heterocycles. The van der Waals surface area contributed by atoms with Gasteiger partial charge in [-0.2, -0.15) is 4.98 Å². The Balaban J connectivity index is 1.30. The number of carbonyl (C=O) groups excluding carboxylic acids is 2. The van der Waals surface area contributed by atoms with E-state index in [-0.39, 0.29) is 35.9 Å². The van der Waals surface area contributed by atoms with Gasteiger partial charge in [-0.05, 0) is 24.1 Å². The van der Waals surface area contributed by atoms with Crippen molar-refractivity contribution in [3.63, 3.8) is 0 Å². The summed E-state index contributed by atoms with van der Waals surface area (Å²) in [6.07, 6.45) is 0.819. The van der Waals surface area contributed by atoms with Gasteiger partial charge in [0.2, 0.25) is 11.9 Å². The molecule has 42 heavy (non-hydrogen) atoms. The van der Waals surface area contributed by atoms with Crippen molar-refractivity contribution in [2.45, 2.75) is 32.4 Å². The number of aromatic nitrogens is 4. The topological polar surface area (TPSA) is 106 Å². The lowest BCUT2D eigenvalue weighted by molar-refractivity contribution is -0.123. The lowest BCUT2D eigenvalue weighted by Gasteiger charge is -2.37. The fourth-order valence-electron chi connectivity index (χ4n) is 6.04. The van der Waals surface area contributed by atoms with Crippen molar-refractivity contribution >= 4 is 34.6 Å². The van der Waals surface area contributed by atoms with E-state index in [9.17, 15) is 23.6 Å². The number of nitrogens with zero attached hydrogens (tertiary/aromatic N) is 7. The molecule has 218 valence electrons. The molecule has 2 aliphatic rings. The van der Waals surface area contributed by atoms with Crippen LogP contribution in [0.25, 0.3) is 11.2 Å². The van der Waals surface area contributed by atoms with Crippen LogP contribution in [0.2, 0.25) is 0 Å². The zero-order chi connectivity index (χ0) is 29.7. The quantitative estimate of drug-likeness (QED) is 0.323. The molecule has 1 unspecified atom stereocenters. The summed E-state index contributed by atoms with van der Waals surface area (Å²) in [5.74, 6) is -0.398. The van der Waals surface area contributed by atoms with Crippen LogP contribution in [0.4, 0.5) is 16.0 Å². The van der Waals surface area contributed by atoms with Crippen LogP contribution in [0.5, 0.6) is 0 Å². The molecule has 0 N–H and O–H groups in total. The van der Waals surface area contributed by atoms with E-state index in [1.165, 1.54) is 22.6 Å². The second-order valence-corrected chi connectivity index (χ2v) is 10.8. The van der Waals surface area contributed by atoms with Gasteiger partial charge in [0.05, 0.1) is 24.7 Å². The van der Waals surface area contributed by atoms with Crippen LogP contribution in [0, 0.1) is 5.82 Å². The molecule has 1 atom stereocenters. The maximum absolute atomic E-state index is 14.7. The molecule has 12 heteroatoms. The summed E-state index contributed by atoms with van der Waals surface area (Å²) in [5, 5.41) is 0.